The highest BCUT2D eigenvalue weighted by Gasteiger charge is 2.28. The van der Waals surface area contributed by atoms with Crippen LogP contribution >= 0.6 is 0 Å². The quantitative estimate of drug-likeness (QED) is 0.590. The Morgan fingerprint density at radius 3 is 2.31 bits per heavy atom. The number of carbonyl (C=O) groups is 2. The van der Waals surface area contributed by atoms with Gasteiger partial charge in [-0.15, -0.1) is 0 Å². The average molecular weight is 459 g/mol. The molecule has 0 N–H and O–H groups in total. The van der Waals surface area contributed by atoms with Crippen LogP contribution < -0.4 is 4.90 Å². The molecule has 0 aliphatic carbocycles. The number of amides is 1. The number of esters is 1. The van der Waals surface area contributed by atoms with Crippen LogP contribution in [-0.2, 0) is 19.6 Å². The first kappa shape index (κ1) is 23.9. The van der Waals surface area contributed by atoms with E-state index in [9.17, 15) is 18.0 Å². The maximum atomic E-state index is 13.0. The van der Waals surface area contributed by atoms with Gasteiger partial charge in [-0.05, 0) is 63.4 Å². The number of benzene rings is 2. The van der Waals surface area contributed by atoms with E-state index in [-0.39, 0.29) is 22.4 Å². The Hall–Kier alpha value is -2.71. The molecule has 0 aromatic heterocycles. The third kappa shape index (κ3) is 5.37. The van der Waals surface area contributed by atoms with E-state index < -0.39 is 22.6 Å². The van der Waals surface area contributed by atoms with Crippen LogP contribution in [0.2, 0.25) is 0 Å². The molecule has 1 aliphatic rings. The molecule has 0 radical (unpaired) electrons. The molecule has 1 aliphatic heterocycles. The summed E-state index contributed by atoms with van der Waals surface area (Å²) >= 11 is 0. The minimum absolute atomic E-state index is 0.0661. The third-order valence-corrected chi connectivity index (χ3v) is 7.42. The molecule has 0 atom stereocenters. The lowest BCUT2D eigenvalue weighted by Gasteiger charge is -2.27. The maximum absolute atomic E-state index is 13.0. The second-order valence-corrected chi connectivity index (χ2v) is 10.1. The van der Waals surface area contributed by atoms with Crippen LogP contribution in [0.4, 0.5) is 5.69 Å². The van der Waals surface area contributed by atoms with Gasteiger partial charge < -0.3 is 9.64 Å². The summed E-state index contributed by atoms with van der Waals surface area (Å²) in [4.78, 5) is 27.2. The van der Waals surface area contributed by atoms with Crippen molar-refractivity contribution in [3.8, 4) is 0 Å². The molecule has 1 heterocycles. The van der Waals surface area contributed by atoms with Crippen LogP contribution in [0.25, 0.3) is 0 Å². The van der Waals surface area contributed by atoms with Crippen molar-refractivity contribution in [1.82, 2.24) is 4.31 Å². The van der Waals surface area contributed by atoms with Crippen molar-refractivity contribution >= 4 is 27.6 Å². The molecule has 0 spiro atoms. The van der Waals surface area contributed by atoms with E-state index >= 15 is 0 Å². The largest absolute Gasteiger partial charge is 0.452 e. The van der Waals surface area contributed by atoms with Crippen LogP contribution in [0.15, 0.2) is 53.4 Å². The number of nitrogens with zero attached hydrogens (tertiary/aromatic N) is 2. The summed E-state index contributed by atoms with van der Waals surface area (Å²) < 4.78 is 32.7. The van der Waals surface area contributed by atoms with E-state index in [0.717, 1.165) is 19.3 Å². The minimum atomic E-state index is -3.68. The third-order valence-electron chi connectivity index (χ3n) is 5.53. The second-order valence-electron chi connectivity index (χ2n) is 8.21. The smallest absolute Gasteiger partial charge is 0.338 e. The summed E-state index contributed by atoms with van der Waals surface area (Å²) in [7, 11) is -3.68. The first-order valence-electron chi connectivity index (χ1n) is 10.9. The molecular formula is C24H30N2O5S. The normalized spacial score (nSPS) is 14.9. The summed E-state index contributed by atoms with van der Waals surface area (Å²) in [6.45, 7) is 6.00. The Morgan fingerprint density at radius 1 is 1.03 bits per heavy atom. The van der Waals surface area contributed by atoms with Crippen molar-refractivity contribution in [3.05, 3.63) is 59.7 Å². The van der Waals surface area contributed by atoms with E-state index in [1.807, 2.05) is 44.2 Å². The summed E-state index contributed by atoms with van der Waals surface area (Å²) in [6, 6.07) is 13.5. The van der Waals surface area contributed by atoms with E-state index in [2.05, 4.69) is 0 Å². The lowest BCUT2D eigenvalue weighted by atomic mass is 10.1. The average Bonchev–Trinajstić information content (AvgIpc) is 2.79. The van der Waals surface area contributed by atoms with Crippen LogP contribution in [0.5, 0.6) is 0 Å². The van der Waals surface area contributed by atoms with Crippen molar-refractivity contribution in [2.45, 2.75) is 51.0 Å². The monoisotopic (exact) mass is 458 g/mol. The molecule has 1 amide bonds. The standard InChI is InChI=1S/C24H30N2O5S/c1-18(2)26(20-10-6-4-7-11-20)23(27)17-31-24(28)22-16-21(13-12-19(22)3)32(29,30)25-14-8-5-9-15-25/h4,6-7,10-13,16,18H,5,8-9,14-15,17H2,1-3H3. The van der Waals surface area contributed by atoms with Crippen LogP contribution in [-0.4, -0.2) is 50.3 Å². The molecule has 32 heavy (non-hydrogen) atoms. The minimum Gasteiger partial charge on any atom is -0.452 e. The zero-order valence-electron chi connectivity index (χ0n) is 18.8. The highest BCUT2D eigenvalue weighted by Crippen LogP contribution is 2.23. The van der Waals surface area contributed by atoms with Crippen molar-refractivity contribution < 1.29 is 22.7 Å². The van der Waals surface area contributed by atoms with E-state index in [1.165, 1.54) is 16.4 Å². The summed E-state index contributed by atoms with van der Waals surface area (Å²) in [5.74, 6) is -1.07. The Balaban J connectivity index is 1.75. The molecule has 0 bridgehead atoms. The molecule has 8 heteroatoms. The predicted octanol–water partition coefficient (Wildman–Crippen LogP) is 3.77. The number of anilines is 1. The van der Waals surface area contributed by atoms with Gasteiger partial charge in [-0.3, -0.25) is 4.79 Å². The van der Waals surface area contributed by atoms with Crippen LogP contribution in [0.3, 0.4) is 0 Å². The molecule has 2 aromatic rings. The molecular weight excluding hydrogens is 428 g/mol. The number of carbonyl (C=O) groups excluding carboxylic acids is 2. The maximum Gasteiger partial charge on any atom is 0.338 e. The predicted molar refractivity (Wildman–Crippen MR) is 123 cm³/mol. The Morgan fingerprint density at radius 2 is 1.69 bits per heavy atom. The summed E-state index contributed by atoms with van der Waals surface area (Å²) in [5.41, 5.74) is 1.45. The van der Waals surface area contributed by atoms with Gasteiger partial charge in [-0.2, -0.15) is 4.31 Å². The lowest BCUT2D eigenvalue weighted by Crippen LogP contribution is -2.40. The highest BCUT2D eigenvalue weighted by atomic mass is 32.2. The SMILES string of the molecule is Cc1ccc(S(=O)(=O)N2CCCCC2)cc1C(=O)OCC(=O)N(c1ccccc1)C(C)C. The topological polar surface area (TPSA) is 84.0 Å². The van der Waals surface area contributed by atoms with Gasteiger partial charge in [0.05, 0.1) is 10.5 Å². The fraction of sp³-hybridized carbons (Fsp3) is 0.417. The van der Waals surface area contributed by atoms with Gasteiger partial charge in [0.1, 0.15) is 0 Å². The van der Waals surface area contributed by atoms with Gasteiger partial charge in [0.2, 0.25) is 10.0 Å². The fourth-order valence-electron chi connectivity index (χ4n) is 3.83. The number of ether oxygens (including phenoxy) is 1. The molecule has 1 fully saturated rings. The zero-order valence-corrected chi connectivity index (χ0v) is 19.6. The van der Waals surface area contributed by atoms with Gasteiger partial charge in [-0.25, -0.2) is 13.2 Å². The first-order valence-corrected chi connectivity index (χ1v) is 12.3. The van der Waals surface area contributed by atoms with Gasteiger partial charge in [0, 0.05) is 24.8 Å². The van der Waals surface area contributed by atoms with Crippen molar-refractivity contribution in [3.63, 3.8) is 0 Å². The Bertz CT molecular complexity index is 1060. The number of aryl methyl sites for hydroxylation is 1. The van der Waals surface area contributed by atoms with Crippen molar-refractivity contribution in [1.29, 1.82) is 0 Å². The van der Waals surface area contributed by atoms with Gasteiger partial charge >= 0.3 is 5.97 Å². The number of hydrogen-bond acceptors (Lipinski definition) is 5. The molecule has 0 saturated carbocycles. The van der Waals surface area contributed by atoms with Crippen LogP contribution in [0.1, 0.15) is 49.0 Å². The summed E-state index contributed by atoms with van der Waals surface area (Å²) in [6.07, 6.45) is 2.67. The van der Waals surface area contributed by atoms with Crippen molar-refractivity contribution in [2.24, 2.45) is 0 Å². The van der Waals surface area contributed by atoms with Gasteiger partial charge in [-0.1, -0.05) is 30.7 Å². The van der Waals surface area contributed by atoms with E-state index in [0.29, 0.717) is 24.3 Å². The Labute approximate surface area is 190 Å². The number of para-hydroxylation sites is 1. The number of sulfonamides is 1. The van der Waals surface area contributed by atoms with E-state index in [1.54, 1.807) is 17.9 Å². The van der Waals surface area contributed by atoms with Crippen LogP contribution in [0, 0.1) is 6.92 Å². The van der Waals surface area contributed by atoms with Crippen molar-refractivity contribution in [2.75, 3.05) is 24.6 Å². The number of rotatable bonds is 7. The molecule has 172 valence electrons. The Kier molecular flexibility index (Phi) is 7.69. The summed E-state index contributed by atoms with van der Waals surface area (Å²) in [5, 5.41) is 0. The molecule has 3 rings (SSSR count). The number of hydrogen-bond donors (Lipinski definition) is 0. The molecule has 0 unspecified atom stereocenters. The molecule has 7 nitrogen and oxygen atoms in total. The lowest BCUT2D eigenvalue weighted by molar-refractivity contribution is -0.122. The first-order chi connectivity index (χ1) is 15.2. The molecule has 2 aromatic carbocycles. The second kappa shape index (κ2) is 10.3. The van der Waals surface area contributed by atoms with Gasteiger partial charge in [0.15, 0.2) is 6.61 Å². The molecule has 1 saturated heterocycles. The van der Waals surface area contributed by atoms with E-state index in [4.69, 9.17) is 4.74 Å². The van der Waals surface area contributed by atoms with Gasteiger partial charge in [0.25, 0.3) is 5.91 Å². The fourth-order valence-corrected chi connectivity index (χ4v) is 5.37. The highest BCUT2D eigenvalue weighted by molar-refractivity contribution is 7.89. The zero-order chi connectivity index (χ0) is 23.3. The number of piperidine rings is 1.